The Morgan fingerprint density at radius 2 is 1.62 bits per heavy atom. The van der Waals surface area contributed by atoms with Gasteiger partial charge in [-0.05, 0) is 12.5 Å². The molecule has 0 saturated carbocycles. The van der Waals surface area contributed by atoms with E-state index in [2.05, 4.69) is 38.3 Å². The normalized spacial score (nSPS) is 11.5. The van der Waals surface area contributed by atoms with Crippen LogP contribution >= 0.6 is 0 Å². The standard InChI is InChI=1S/C11H26N2/c1-5-11(6-2)9-12-7-8-13-10(3)4/h10-13H,5-9H2,1-4H3. The van der Waals surface area contributed by atoms with Gasteiger partial charge in [0.1, 0.15) is 0 Å². The van der Waals surface area contributed by atoms with Crippen LogP contribution in [0.25, 0.3) is 0 Å². The van der Waals surface area contributed by atoms with Gasteiger partial charge < -0.3 is 10.6 Å². The third kappa shape index (κ3) is 8.26. The summed E-state index contributed by atoms with van der Waals surface area (Å²) in [5.41, 5.74) is 0. The average molecular weight is 186 g/mol. The van der Waals surface area contributed by atoms with Crippen LogP contribution in [0.1, 0.15) is 40.5 Å². The topological polar surface area (TPSA) is 24.1 Å². The van der Waals surface area contributed by atoms with Gasteiger partial charge in [-0.2, -0.15) is 0 Å². The minimum Gasteiger partial charge on any atom is -0.315 e. The Morgan fingerprint density at radius 1 is 1.00 bits per heavy atom. The lowest BCUT2D eigenvalue weighted by atomic mass is 10.0. The number of rotatable bonds is 8. The summed E-state index contributed by atoms with van der Waals surface area (Å²) in [5, 5.41) is 6.87. The van der Waals surface area contributed by atoms with E-state index < -0.39 is 0 Å². The Bertz CT molecular complexity index is 98.3. The highest BCUT2D eigenvalue weighted by atomic mass is 15.0. The number of hydrogen-bond acceptors (Lipinski definition) is 2. The number of nitrogens with one attached hydrogen (secondary N) is 2. The Balaban J connectivity index is 3.14. The van der Waals surface area contributed by atoms with Gasteiger partial charge in [-0.1, -0.05) is 40.5 Å². The smallest absolute Gasteiger partial charge is 0.00790 e. The summed E-state index contributed by atoms with van der Waals surface area (Å²) in [6.07, 6.45) is 2.59. The van der Waals surface area contributed by atoms with Gasteiger partial charge in [-0.15, -0.1) is 0 Å². The Morgan fingerprint density at radius 3 is 2.08 bits per heavy atom. The van der Waals surface area contributed by atoms with Crippen molar-refractivity contribution in [3.63, 3.8) is 0 Å². The quantitative estimate of drug-likeness (QED) is 0.567. The summed E-state index contributed by atoms with van der Waals surface area (Å²) in [5.74, 6) is 0.860. The van der Waals surface area contributed by atoms with Gasteiger partial charge >= 0.3 is 0 Å². The van der Waals surface area contributed by atoms with E-state index in [4.69, 9.17) is 0 Å². The monoisotopic (exact) mass is 186 g/mol. The maximum absolute atomic E-state index is 3.48. The summed E-state index contributed by atoms with van der Waals surface area (Å²) in [7, 11) is 0. The van der Waals surface area contributed by atoms with Crippen LogP contribution in [0.5, 0.6) is 0 Å². The minimum absolute atomic E-state index is 0.606. The van der Waals surface area contributed by atoms with E-state index in [1.807, 2.05) is 0 Å². The molecular weight excluding hydrogens is 160 g/mol. The van der Waals surface area contributed by atoms with E-state index >= 15 is 0 Å². The van der Waals surface area contributed by atoms with Gasteiger partial charge in [0.25, 0.3) is 0 Å². The van der Waals surface area contributed by atoms with Crippen molar-refractivity contribution in [2.24, 2.45) is 5.92 Å². The van der Waals surface area contributed by atoms with Crippen LogP contribution < -0.4 is 10.6 Å². The van der Waals surface area contributed by atoms with Crippen LogP contribution in [0.4, 0.5) is 0 Å². The molecule has 0 unspecified atom stereocenters. The highest BCUT2D eigenvalue weighted by Crippen LogP contribution is 2.04. The predicted octanol–water partition coefficient (Wildman–Crippen LogP) is 2.01. The molecule has 0 radical (unpaired) electrons. The largest absolute Gasteiger partial charge is 0.315 e. The lowest BCUT2D eigenvalue weighted by Crippen LogP contribution is -2.33. The maximum atomic E-state index is 3.48. The highest BCUT2D eigenvalue weighted by molar-refractivity contribution is 4.60. The minimum atomic E-state index is 0.606. The molecule has 0 amide bonds. The van der Waals surface area contributed by atoms with Crippen molar-refractivity contribution in [2.45, 2.75) is 46.6 Å². The molecule has 0 heterocycles. The molecule has 0 rings (SSSR count). The Labute approximate surface area is 83.5 Å². The van der Waals surface area contributed by atoms with Crippen molar-refractivity contribution in [1.29, 1.82) is 0 Å². The molecule has 0 aromatic heterocycles. The van der Waals surface area contributed by atoms with Gasteiger partial charge in [0.15, 0.2) is 0 Å². The van der Waals surface area contributed by atoms with Crippen molar-refractivity contribution in [2.75, 3.05) is 19.6 Å². The molecule has 2 heteroatoms. The molecule has 0 aliphatic heterocycles. The number of hydrogen-bond donors (Lipinski definition) is 2. The molecule has 0 atom stereocenters. The van der Waals surface area contributed by atoms with Crippen molar-refractivity contribution < 1.29 is 0 Å². The van der Waals surface area contributed by atoms with Crippen LogP contribution in [0.3, 0.4) is 0 Å². The summed E-state index contributed by atoms with van der Waals surface area (Å²) in [4.78, 5) is 0. The lowest BCUT2D eigenvalue weighted by Gasteiger charge is -2.14. The van der Waals surface area contributed by atoms with Crippen molar-refractivity contribution >= 4 is 0 Å². The van der Waals surface area contributed by atoms with Crippen LogP contribution in [0, 0.1) is 5.92 Å². The third-order valence-corrected chi connectivity index (χ3v) is 2.44. The second-order valence-electron chi connectivity index (χ2n) is 4.00. The van der Waals surface area contributed by atoms with E-state index in [1.54, 1.807) is 0 Å². The second-order valence-corrected chi connectivity index (χ2v) is 4.00. The zero-order valence-corrected chi connectivity index (χ0v) is 9.69. The SMILES string of the molecule is CCC(CC)CNCCNC(C)C. The first-order chi connectivity index (χ1) is 6.20. The van der Waals surface area contributed by atoms with Gasteiger partial charge in [-0.3, -0.25) is 0 Å². The van der Waals surface area contributed by atoms with E-state index in [-0.39, 0.29) is 0 Å². The molecule has 0 aromatic carbocycles. The first-order valence-corrected chi connectivity index (χ1v) is 5.64. The predicted molar refractivity (Wildman–Crippen MR) is 60.1 cm³/mol. The zero-order valence-electron chi connectivity index (χ0n) is 9.69. The highest BCUT2D eigenvalue weighted by Gasteiger charge is 2.01. The summed E-state index contributed by atoms with van der Waals surface area (Å²) < 4.78 is 0. The molecule has 0 aliphatic rings. The Hall–Kier alpha value is -0.0800. The van der Waals surface area contributed by atoms with Crippen LogP contribution in [-0.2, 0) is 0 Å². The molecule has 0 fully saturated rings. The molecule has 0 saturated heterocycles. The van der Waals surface area contributed by atoms with Gasteiger partial charge in [0.05, 0.1) is 0 Å². The molecule has 80 valence electrons. The van der Waals surface area contributed by atoms with E-state index in [0.29, 0.717) is 6.04 Å². The fourth-order valence-electron chi connectivity index (χ4n) is 1.33. The summed E-state index contributed by atoms with van der Waals surface area (Å²) in [6, 6.07) is 0.606. The van der Waals surface area contributed by atoms with E-state index in [9.17, 15) is 0 Å². The summed E-state index contributed by atoms with van der Waals surface area (Å²) >= 11 is 0. The molecule has 0 aliphatic carbocycles. The first-order valence-electron chi connectivity index (χ1n) is 5.64. The lowest BCUT2D eigenvalue weighted by molar-refractivity contribution is 0.443. The van der Waals surface area contributed by atoms with Gasteiger partial charge in [-0.25, -0.2) is 0 Å². The molecule has 0 bridgehead atoms. The molecule has 0 aromatic rings. The van der Waals surface area contributed by atoms with Crippen LogP contribution in [0.2, 0.25) is 0 Å². The van der Waals surface area contributed by atoms with Gasteiger partial charge in [0.2, 0.25) is 0 Å². The van der Waals surface area contributed by atoms with Crippen molar-refractivity contribution in [3.8, 4) is 0 Å². The molecule has 13 heavy (non-hydrogen) atoms. The fourth-order valence-corrected chi connectivity index (χ4v) is 1.33. The summed E-state index contributed by atoms with van der Waals surface area (Å²) in [6.45, 7) is 12.2. The molecule has 2 nitrogen and oxygen atoms in total. The molecule has 2 N–H and O–H groups in total. The van der Waals surface area contributed by atoms with E-state index in [1.165, 1.54) is 19.4 Å². The van der Waals surface area contributed by atoms with Crippen molar-refractivity contribution in [1.82, 2.24) is 10.6 Å². The first kappa shape index (κ1) is 12.9. The second kappa shape index (κ2) is 8.52. The fraction of sp³-hybridized carbons (Fsp3) is 1.00. The van der Waals surface area contributed by atoms with Gasteiger partial charge in [0, 0.05) is 19.1 Å². The maximum Gasteiger partial charge on any atom is 0.00790 e. The van der Waals surface area contributed by atoms with Crippen LogP contribution in [0.15, 0.2) is 0 Å². The zero-order chi connectivity index (χ0) is 10.1. The van der Waals surface area contributed by atoms with E-state index in [0.717, 1.165) is 19.0 Å². The Kier molecular flexibility index (Phi) is 8.46. The molecular formula is C11H26N2. The average Bonchev–Trinajstić information content (AvgIpc) is 2.11. The third-order valence-electron chi connectivity index (χ3n) is 2.44. The molecule has 0 spiro atoms. The van der Waals surface area contributed by atoms with Crippen LogP contribution in [-0.4, -0.2) is 25.7 Å². The van der Waals surface area contributed by atoms with Crippen molar-refractivity contribution in [3.05, 3.63) is 0 Å².